The van der Waals surface area contributed by atoms with Crippen LogP contribution in [-0.2, 0) is 9.59 Å². The quantitative estimate of drug-likeness (QED) is 0.264. The van der Waals surface area contributed by atoms with Crippen molar-refractivity contribution in [3.05, 3.63) is 28.2 Å². The van der Waals surface area contributed by atoms with Crippen LogP contribution < -0.4 is 21.4 Å². The SMILES string of the molecule is N=C(/C=N\Nc1ccc(Cl)c(Cl)c1)C(=O)NC[C@@]1(C2CC2)NC(=O)NC1=O. The maximum Gasteiger partial charge on any atom is 0.322 e. The molecule has 1 aliphatic heterocycles. The van der Waals surface area contributed by atoms with Gasteiger partial charge in [0.2, 0.25) is 0 Å². The Balaban J connectivity index is 1.54. The molecule has 2 aliphatic rings. The molecule has 0 radical (unpaired) electrons. The van der Waals surface area contributed by atoms with Gasteiger partial charge in [-0.15, -0.1) is 0 Å². The fourth-order valence-electron chi connectivity index (χ4n) is 2.75. The Morgan fingerprint density at radius 1 is 1.33 bits per heavy atom. The number of carbonyl (C=O) groups is 3. The van der Waals surface area contributed by atoms with Crippen molar-refractivity contribution in [2.24, 2.45) is 11.0 Å². The minimum absolute atomic E-state index is 0.0246. The number of benzene rings is 1. The maximum absolute atomic E-state index is 12.1. The molecule has 3 rings (SSSR count). The highest BCUT2D eigenvalue weighted by Crippen LogP contribution is 2.40. The van der Waals surface area contributed by atoms with Crippen molar-refractivity contribution in [2.75, 3.05) is 12.0 Å². The van der Waals surface area contributed by atoms with Gasteiger partial charge >= 0.3 is 6.03 Å². The van der Waals surface area contributed by atoms with Crippen LogP contribution in [0.4, 0.5) is 10.5 Å². The van der Waals surface area contributed by atoms with Crippen LogP contribution in [0.5, 0.6) is 0 Å². The highest BCUT2D eigenvalue weighted by atomic mass is 35.5. The van der Waals surface area contributed by atoms with E-state index in [1.54, 1.807) is 18.2 Å². The van der Waals surface area contributed by atoms with Gasteiger partial charge in [-0.25, -0.2) is 4.79 Å². The van der Waals surface area contributed by atoms with Crippen LogP contribution in [0, 0.1) is 11.3 Å². The summed E-state index contributed by atoms with van der Waals surface area (Å²) in [5, 5.41) is 19.6. The van der Waals surface area contributed by atoms with Crippen molar-refractivity contribution in [2.45, 2.75) is 18.4 Å². The lowest BCUT2D eigenvalue weighted by Crippen LogP contribution is -2.57. The molecule has 142 valence electrons. The molecule has 0 spiro atoms. The summed E-state index contributed by atoms with van der Waals surface area (Å²) >= 11 is 11.7. The molecule has 1 saturated heterocycles. The molecule has 1 heterocycles. The molecule has 1 aromatic carbocycles. The first kappa shape index (κ1) is 19.1. The molecule has 1 aromatic rings. The Morgan fingerprint density at radius 2 is 2.07 bits per heavy atom. The second-order valence-corrected chi connectivity index (χ2v) is 7.06. The summed E-state index contributed by atoms with van der Waals surface area (Å²) < 4.78 is 0. The van der Waals surface area contributed by atoms with Gasteiger partial charge < -0.3 is 10.6 Å². The molecule has 5 N–H and O–H groups in total. The molecule has 1 saturated carbocycles. The highest BCUT2D eigenvalue weighted by molar-refractivity contribution is 6.59. The number of hydrogen-bond donors (Lipinski definition) is 5. The van der Waals surface area contributed by atoms with Crippen LogP contribution in [0.2, 0.25) is 10.0 Å². The summed E-state index contributed by atoms with van der Waals surface area (Å²) in [5.74, 6) is -1.20. The second kappa shape index (κ2) is 7.53. The van der Waals surface area contributed by atoms with Gasteiger partial charge in [-0.2, -0.15) is 5.10 Å². The summed E-state index contributed by atoms with van der Waals surface area (Å²) in [4.78, 5) is 35.6. The first-order valence-electron chi connectivity index (χ1n) is 8.06. The third-order valence-electron chi connectivity index (χ3n) is 4.32. The van der Waals surface area contributed by atoms with E-state index in [-0.39, 0.29) is 12.5 Å². The maximum atomic E-state index is 12.1. The third kappa shape index (κ3) is 4.20. The van der Waals surface area contributed by atoms with Crippen LogP contribution in [0.25, 0.3) is 0 Å². The molecule has 0 bridgehead atoms. The minimum Gasteiger partial charge on any atom is -0.348 e. The van der Waals surface area contributed by atoms with Gasteiger partial charge in [-0.05, 0) is 37.0 Å². The number of imide groups is 1. The van der Waals surface area contributed by atoms with Crippen molar-refractivity contribution >= 4 is 58.7 Å². The average Bonchev–Trinajstić information content (AvgIpc) is 3.42. The van der Waals surface area contributed by atoms with Gasteiger partial charge in [-0.3, -0.25) is 25.7 Å². The Morgan fingerprint density at radius 3 is 2.67 bits per heavy atom. The normalized spacial score (nSPS) is 21.7. The summed E-state index contributed by atoms with van der Waals surface area (Å²) in [5.41, 5.74) is 1.59. The van der Waals surface area contributed by atoms with Crippen LogP contribution in [0.3, 0.4) is 0 Å². The van der Waals surface area contributed by atoms with Crippen molar-refractivity contribution in [1.29, 1.82) is 5.41 Å². The van der Waals surface area contributed by atoms with Crippen LogP contribution in [0.1, 0.15) is 12.8 Å². The molecule has 1 atom stereocenters. The fraction of sp³-hybridized carbons (Fsp3) is 0.312. The van der Waals surface area contributed by atoms with E-state index < -0.39 is 29.1 Å². The number of amides is 4. The average molecular weight is 411 g/mol. The monoisotopic (exact) mass is 410 g/mol. The number of hydrogen-bond acceptors (Lipinski definition) is 6. The van der Waals surface area contributed by atoms with E-state index >= 15 is 0 Å². The smallest absolute Gasteiger partial charge is 0.322 e. The third-order valence-corrected chi connectivity index (χ3v) is 5.06. The molecule has 11 heteroatoms. The number of urea groups is 1. The molecule has 4 amide bonds. The van der Waals surface area contributed by atoms with Crippen LogP contribution in [-0.4, -0.2) is 41.9 Å². The number of halogens is 2. The number of nitrogens with one attached hydrogen (secondary N) is 5. The first-order valence-corrected chi connectivity index (χ1v) is 8.82. The lowest BCUT2D eigenvalue weighted by Gasteiger charge is -2.25. The van der Waals surface area contributed by atoms with E-state index in [2.05, 4.69) is 26.5 Å². The van der Waals surface area contributed by atoms with Crippen molar-refractivity contribution < 1.29 is 14.4 Å². The van der Waals surface area contributed by atoms with Crippen molar-refractivity contribution in [1.82, 2.24) is 16.0 Å². The zero-order valence-corrected chi connectivity index (χ0v) is 15.4. The Kier molecular flexibility index (Phi) is 5.33. The molecule has 27 heavy (non-hydrogen) atoms. The van der Waals surface area contributed by atoms with Crippen molar-refractivity contribution in [3.63, 3.8) is 0 Å². The second-order valence-electron chi connectivity index (χ2n) is 6.25. The van der Waals surface area contributed by atoms with Crippen LogP contribution in [0.15, 0.2) is 23.3 Å². The lowest BCUT2D eigenvalue weighted by molar-refractivity contribution is -0.125. The summed E-state index contributed by atoms with van der Waals surface area (Å²) in [7, 11) is 0. The zero-order valence-electron chi connectivity index (χ0n) is 13.9. The molecule has 1 aliphatic carbocycles. The molecule has 9 nitrogen and oxygen atoms in total. The number of carbonyl (C=O) groups excluding carboxylic acids is 3. The topological polar surface area (TPSA) is 136 Å². The van der Waals surface area contributed by atoms with Crippen molar-refractivity contribution in [3.8, 4) is 0 Å². The highest BCUT2D eigenvalue weighted by Gasteiger charge is 2.56. The van der Waals surface area contributed by atoms with Gasteiger partial charge in [0, 0.05) is 0 Å². The summed E-state index contributed by atoms with van der Waals surface area (Å²) in [6.07, 6.45) is 2.60. The largest absolute Gasteiger partial charge is 0.348 e. The van der Waals surface area contributed by atoms with Gasteiger partial charge in [0.1, 0.15) is 11.3 Å². The summed E-state index contributed by atoms with van der Waals surface area (Å²) in [6.45, 7) is -0.0927. The predicted octanol–water partition coefficient (Wildman–Crippen LogP) is 1.52. The molecule has 0 unspecified atom stereocenters. The van der Waals surface area contributed by atoms with Gasteiger partial charge in [-0.1, -0.05) is 23.2 Å². The fourth-order valence-corrected chi connectivity index (χ4v) is 3.05. The number of anilines is 1. The van der Waals surface area contributed by atoms with Crippen LogP contribution >= 0.6 is 23.2 Å². The van der Waals surface area contributed by atoms with E-state index in [1.165, 1.54) is 0 Å². The van der Waals surface area contributed by atoms with E-state index in [9.17, 15) is 14.4 Å². The lowest BCUT2D eigenvalue weighted by atomic mass is 9.93. The minimum atomic E-state index is -1.15. The first-order chi connectivity index (χ1) is 12.8. The van der Waals surface area contributed by atoms with Gasteiger partial charge in [0.05, 0.1) is 28.5 Å². The standard InChI is InChI=1S/C16H16Cl2N6O3/c17-10-4-3-9(5-11(10)18)24-21-6-12(19)13(25)20-7-16(8-1-2-8)14(26)22-15(27)23-16/h3-6,8,19,24H,1-2,7H2,(H,20,25)(H2,22,23,26,27)/b19-12?,21-6-/t16-/m0/s1. The Labute approximate surface area is 164 Å². The molecular weight excluding hydrogens is 395 g/mol. The van der Waals surface area contributed by atoms with E-state index in [1.807, 2.05) is 0 Å². The number of rotatable bonds is 7. The number of nitrogens with zero attached hydrogens (tertiary/aromatic N) is 1. The van der Waals surface area contributed by atoms with E-state index in [0.717, 1.165) is 19.1 Å². The van der Waals surface area contributed by atoms with Gasteiger partial charge in [0.25, 0.3) is 11.8 Å². The van der Waals surface area contributed by atoms with E-state index in [4.69, 9.17) is 28.6 Å². The Hall–Kier alpha value is -2.65. The Bertz CT molecular complexity index is 855. The molecule has 2 fully saturated rings. The zero-order chi connectivity index (χ0) is 19.6. The predicted molar refractivity (Wildman–Crippen MR) is 101 cm³/mol. The number of hydrazone groups is 1. The molecule has 0 aromatic heterocycles. The molecular formula is C16H16Cl2N6O3. The summed E-state index contributed by atoms with van der Waals surface area (Å²) in [6, 6.07) is 4.18. The van der Waals surface area contributed by atoms with Gasteiger partial charge in [0.15, 0.2) is 0 Å². The van der Waals surface area contributed by atoms with E-state index in [0.29, 0.717) is 15.7 Å².